The zero-order chi connectivity index (χ0) is 22.9. The summed E-state index contributed by atoms with van der Waals surface area (Å²) in [5.41, 5.74) is 4.05. The van der Waals surface area contributed by atoms with Crippen molar-refractivity contribution in [1.29, 1.82) is 0 Å². The molecule has 7 heteroatoms. The summed E-state index contributed by atoms with van der Waals surface area (Å²) in [6.07, 6.45) is 5.60. The molecule has 0 amide bonds. The summed E-state index contributed by atoms with van der Waals surface area (Å²) < 4.78 is 24.6. The molecule has 2 aromatic heterocycles. The predicted octanol–water partition coefficient (Wildman–Crippen LogP) is 5.70. The van der Waals surface area contributed by atoms with E-state index in [-0.39, 0.29) is 17.9 Å². The molecular weight excluding hydrogens is 421 g/mol. The molecule has 5 rings (SSSR count). The molecule has 2 aromatic carbocycles. The lowest BCUT2D eigenvalue weighted by molar-refractivity contribution is 0.0274. The molecule has 0 spiro atoms. The molecule has 0 bridgehead atoms. The van der Waals surface area contributed by atoms with Crippen molar-refractivity contribution in [3.05, 3.63) is 71.4 Å². The normalized spacial score (nSPS) is 19.6. The number of nitrogens with one attached hydrogen (secondary N) is 1. The minimum absolute atomic E-state index is 0.161. The van der Waals surface area contributed by atoms with Crippen LogP contribution in [0.5, 0.6) is 0 Å². The van der Waals surface area contributed by atoms with Gasteiger partial charge in [0.05, 0.1) is 29.2 Å². The minimum Gasteiger partial charge on any atom is -0.465 e. The maximum Gasteiger partial charge on any atom is 0.337 e. The van der Waals surface area contributed by atoms with Crippen LogP contribution in [0.15, 0.2) is 48.7 Å². The Hall–Kier alpha value is -3.32. The second-order valence-corrected chi connectivity index (χ2v) is 8.68. The number of nitrogens with zero attached hydrogens (tertiary/aromatic N) is 2. The predicted molar refractivity (Wildman–Crippen MR) is 124 cm³/mol. The van der Waals surface area contributed by atoms with E-state index in [9.17, 15) is 9.18 Å². The van der Waals surface area contributed by atoms with Crippen LogP contribution in [0.2, 0.25) is 0 Å². The molecule has 4 aromatic rings. The van der Waals surface area contributed by atoms with E-state index in [1.165, 1.54) is 18.7 Å². The lowest BCUT2D eigenvalue weighted by atomic mass is 9.76. The van der Waals surface area contributed by atoms with Crippen molar-refractivity contribution < 1.29 is 18.7 Å². The second-order valence-electron chi connectivity index (χ2n) is 8.68. The van der Waals surface area contributed by atoms with Crippen LogP contribution in [0.3, 0.4) is 0 Å². The van der Waals surface area contributed by atoms with Gasteiger partial charge < -0.3 is 14.5 Å². The lowest BCUT2D eigenvalue weighted by Crippen LogP contribution is -2.22. The highest BCUT2D eigenvalue weighted by Gasteiger charge is 2.31. The Morgan fingerprint density at radius 2 is 1.88 bits per heavy atom. The zero-order valence-electron chi connectivity index (χ0n) is 18.7. The van der Waals surface area contributed by atoms with E-state index in [4.69, 9.17) is 14.5 Å². The molecule has 0 radical (unpaired) electrons. The molecule has 33 heavy (non-hydrogen) atoms. The quantitative estimate of drug-likeness (QED) is 0.397. The first-order valence-electron chi connectivity index (χ1n) is 11.2. The number of imidazole rings is 1. The van der Waals surface area contributed by atoms with Gasteiger partial charge in [-0.15, -0.1) is 0 Å². The fourth-order valence-corrected chi connectivity index (χ4v) is 5.16. The van der Waals surface area contributed by atoms with Crippen molar-refractivity contribution in [3.63, 3.8) is 0 Å². The van der Waals surface area contributed by atoms with Crippen molar-refractivity contribution in [3.8, 4) is 0 Å². The van der Waals surface area contributed by atoms with Crippen LogP contribution in [0.4, 0.5) is 4.39 Å². The lowest BCUT2D eigenvalue weighted by Gasteiger charge is -2.33. The molecule has 1 unspecified atom stereocenters. The molecule has 0 saturated heterocycles. The fourth-order valence-electron chi connectivity index (χ4n) is 5.16. The van der Waals surface area contributed by atoms with Crippen molar-refractivity contribution in [1.82, 2.24) is 15.0 Å². The number of H-pyrrole nitrogens is 1. The van der Waals surface area contributed by atoms with Gasteiger partial charge in [-0.05, 0) is 85.5 Å². The number of aromatic amines is 1. The molecule has 0 aliphatic heterocycles. The molecule has 1 aliphatic carbocycles. The van der Waals surface area contributed by atoms with Crippen molar-refractivity contribution >= 4 is 27.9 Å². The number of hydrogen-bond donors (Lipinski definition) is 1. The van der Waals surface area contributed by atoms with Crippen LogP contribution in [-0.2, 0) is 9.47 Å². The number of pyridine rings is 1. The number of ether oxygens (including phenoxy) is 2. The summed E-state index contributed by atoms with van der Waals surface area (Å²) in [5, 5.41) is 0.905. The summed E-state index contributed by atoms with van der Waals surface area (Å²) in [6.45, 7) is 0. The van der Waals surface area contributed by atoms with E-state index >= 15 is 0 Å². The number of benzene rings is 2. The summed E-state index contributed by atoms with van der Waals surface area (Å²) >= 11 is 0. The first-order chi connectivity index (χ1) is 16.1. The standard InChI is InChI=1S/C26H26FN3O3/c1-32-24(25-29-22-9-7-17(26(31)33-2)13-23(22)30-25)16-5-3-15(4-6-16)19-11-12-28-21-10-8-18(27)14-20(19)21/h7-16,24H,3-6H2,1-2H3,(H,29,30). The van der Waals surface area contributed by atoms with Crippen LogP contribution in [0.25, 0.3) is 21.9 Å². The molecule has 2 heterocycles. The first kappa shape index (κ1) is 21.5. The van der Waals surface area contributed by atoms with Crippen molar-refractivity contribution in [2.24, 2.45) is 5.92 Å². The number of hydrogen-bond acceptors (Lipinski definition) is 5. The average Bonchev–Trinajstić information content (AvgIpc) is 3.27. The Bertz CT molecular complexity index is 1310. The summed E-state index contributed by atoms with van der Waals surface area (Å²) in [5.74, 6) is 0.840. The third-order valence-electron chi connectivity index (χ3n) is 6.82. The van der Waals surface area contributed by atoms with Gasteiger partial charge >= 0.3 is 5.97 Å². The largest absolute Gasteiger partial charge is 0.465 e. The molecule has 6 nitrogen and oxygen atoms in total. The Morgan fingerprint density at radius 1 is 1.06 bits per heavy atom. The van der Waals surface area contributed by atoms with Gasteiger partial charge in [-0.1, -0.05) is 0 Å². The summed E-state index contributed by atoms with van der Waals surface area (Å²) in [7, 11) is 3.08. The second kappa shape index (κ2) is 8.90. The van der Waals surface area contributed by atoms with Crippen molar-refractivity contribution in [2.45, 2.75) is 37.7 Å². The van der Waals surface area contributed by atoms with E-state index in [0.29, 0.717) is 22.9 Å². The monoisotopic (exact) mass is 447 g/mol. The van der Waals surface area contributed by atoms with E-state index in [2.05, 4.69) is 9.97 Å². The Balaban J connectivity index is 1.35. The van der Waals surface area contributed by atoms with Crippen LogP contribution < -0.4 is 0 Å². The number of aromatic nitrogens is 3. The van der Waals surface area contributed by atoms with Gasteiger partial charge in [-0.3, -0.25) is 4.98 Å². The summed E-state index contributed by atoms with van der Waals surface area (Å²) in [4.78, 5) is 24.3. The molecule has 1 fully saturated rings. The number of methoxy groups -OCH3 is 2. The van der Waals surface area contributed by atoms with Gasteiger partial charge in [0.2, 0.25) is 0 Å². The number of carbonyl (C=O) groups excluding carboxylic acids is 1. The summed E-state index contributed by atoms with van der Waals surface area (Å²) in [6, 6.07) is 12.1. The van der Waals surface area contributed by atoms with Gasteiger partial charge in [0.25, 0.3) is 0 Å². The average molecular weight is 448 g/mol. The fraction of sp³-hybridized carbons (Fsp3) is 0.346. The molecule has 1 aliphatic rings. The molecular formula is C26H26FN3O3. The van der Waals surface area contributed by atoms with E-state index < -0.39 is 0 Å². The SMILES string of the molecule is COC(=O)c1ccc2[nH]c(C(OC)C3CCC(c4ccnc5ccc(F)cc45)CC3)nc2c1. The topological polar surface area (TPSA) is 77.1 Å². The van der Waals surface area contributed by atoms with Crippen LogP contribution >= 0.6 is 0 Å². The number of halogens is 1. The van der Waals surface area contributed by atoms with Gasteiger partial charge in [0, 0.05) is 18.7 Å². The highest BCUT2D eigenvalue weighted by atomic mass is 19.1. The zero-order valence-corrected chi connectivity index (χ0v) is 18.7. The molecule has 170 valence electrons. The molecule has 1 atom stereocenters. The Kier molecular flexibility index (Phi) is 5.81. The number of rotatable bonds is 5. The molecule has 1 N–H and O–H groups in total. The number of fused-ring (bicyclic) bond motifs is 2. The van der Waals surface area contributed by atoms with Crippen molar-refractivity contribution in [2.75, 3.05) is 14.2 Å². The maximum atomic E-state index is 13.9. The van der Waals surface area contributed by atoms with Gasteiger partial charge in [-0.25, -0.2) is 14.2 Å². The Morgan fingerprint density at radius 3 is 2.64 bits per heavy atom. The van der Waals surface area contributed by atoms with Crippen LogP contribution in [-0.4, -0.2) is 35.1 Å². The number of esters is 1. The third kappa shape index (κ3) is 4.09. The van der Waals surface area contributed by atoms with Gasteiger partial charge in [0.15, 0.2) is 0 Å². The highest BCUT2D eigenvalue weighted by molar-refractivity contribution is 5.93. The third-order valence-corrected chi connectivity index (χ3v) is 6.82. The first-order valence-corrected chi connectivity index (χ1v) is 11.2. The van der Waals surface area contributed by atoms with Gasteiger partial charge in [0.1, 0.15) is 17.7 Å². The molecule has 1 saturated carbocycles. The Labute approximate surface area is 191 Å². The van der Waals surface area contributed by atoms with Crippen LogP contribution in [0.1, 0.15) is 59.5 Å². The highest BCUT2D eigenvalue weighted by Crippen LogP contribution is 2.43. The van der Waals surface area contributed by atoms with Gasteiger partial charge in [-0.2, -0.15) is 0 Å². The van der Waals surface area contributed by atoms with E-state index in [0.717, 1.165) is 47.9 Å². The minimum atomic E-state index is -0.383. The van der Waals surface area contributed by atoms with E-state index in [1.807, 2.05) is 18.3 Å². The van der Waals surface area contributed by atoms with Crippen LogP contribution in [0, 0.1) is 11.7 Å². The van der Waals surface area contributed by atoms with E-state index in [1.54, 1.807) is 31.4 Å². The number of carbonyl (C=O) groups is 1. The smallest absolute Gasteiger partial charge is 0.337 e. The maximum absolute atomic E-state index is 13.9.